The third-order valence-electron chi connectivity index (χ3n) is 2.87. The minimum absolute atomic E-state index is 0.206. The number of sulfonamides is 1. The van der Waals surface area contributed by atoms with Crippen molar-refractivity contribution in [2.24, 2.45) is 5.92 Å². The SMILES string of the molecule is O=C(O)C1CN(S(=O)(=O)c2cccc(OC(F)(F)F)c2)C1. The number of alkyl halides is 3. The molecule has 0 unspecified atom stereocenters. The van der Waals surface area contributed by atoms with Crippen LogP contribution in [0.25, 0.3) is 0 Å². The molecule has 1 saturated heterocycles. The number of ether oxygens (including phenoxy) is 1. The number of rotatable bonds is 4. The van der Waals surface area contributed by atoms with E-state index in [4.69, 9.17) is 5.11 Å². The third-order valence-corrected chi connectivity index (χ3v) is 4.70. The number of halogens is 3. The highest BCUT2D eigenvalue weighted by molar-refractivity contribution is 7.89. The summed E-state index contributed by atoms with van der Waals surface area (Å²) in [4.78, 5) is 10.3. The molecule has 6 nitrogen and oxygen atoms in total. The molecule has 1 aliphatic rings. The lowest BCUT2D eigenvalue weighted by Gasteiger charge is -2.35. The highest BCUT2D eigenvalue weighted by atomic mass is 32.2. The first kappa shape index (κ1) is 15.6. The largest absolute Gasteiger partial charge is 0.573 e. The Labute approximate surface area is 117 Å². The zero-order valence-electron chi connectivity index (χ0n) is 10.4. The first-order valence-corrected chi connectivity index (χ1v) is 7.12. The van der Waals surface area contributed by atoms with E-state index < -0.39 is 34.0 Å². The minimum Gasteiger partial charge on any atom is -0.481 e. The first-order valence-electron chi connectivity index (χ1n) is 5.68. The van der Waals surface area contributed by atoms with Crippen LogP contribution in [0.2, 0.25) is 0 Å². The second kappa shape index (κ2) is 5.19. The molecular weight excluding hydrogens is 315 g/mol. The van der Waals surface area contributed by atoms with Gasteiger partial charge in [-0.25, -0.2) is 8.42 Å². The second-order valence-corrected chi connectivity index (χ2v) is 6.32. The van der Waals surface area contributed by atoms with E-state index in [1.165, 1.54) is 0 Å². The van der Waals surface area contributed by atoms with Crippen molar-refractivity contribution >= 4 is 16.0 Å². The maximum Gasteiger partial charge on any atom is 0.573 e. The molecule has 10 heteroatoms. The molecule has 1 N–H and O–H groups in total. The summed E-state index contributed by atoms with van der Waals surface area (Å²) in [6, 6.07) is 3.95. The number of aliphatic carboxylic acids is 1. The van der Waals surface area contributed by atoms with Gasteiger partial charge in [-0.2, -0.15) is 4.31 Å². The molecule has 0 spiro atoms. The molecule has 116 valence electrons. The molecule has 1 fully saturated rings. The molecule has 21 heavy (non-hydrogen) atoms. The number of carbonyl (C=O) groups is 1. The van der Waals surface area contributed by atoms with Crippen LogP contribution in [0.5, 0.6) is 5.75 Å². The van der Waals surface area contributed by atoms with Crippen LogP contribution in [0.4, 0.5) is 13.2 Å². The van der Waals surface area contributed by atoms with E-state index in [0.29, 0.717) is 0 Å². The average Bonchev–Trinajstić information content (AvgIpc) is 2.23. The Morgan fingerprint density at radius 2 is 1.95 bits per heavy atom. The lowest BCUT2D eigenvalue weighted by atomic mass is 10.0. The van der Waals surface area contributed by atoms with Crippen molar-refractivity contribution in [1.82, 2.24) is 4.31 Å². The molecule has 0 bridgehead atoms. The van der Waals surface area contributed by atoms with Gasteiger partial charge in [0.2, 0.25) is 10.0 Å². The number of benzene rings is 1. The Hall–Kier alpha value is -1.81. The topological polar surface area (TPSA) is 83.9 Å². The normalized spacial score (nSPS) is 17.3. The van der Waals surface area contributed by atoms with Crippen LogP contribution in [0.15, 0.2) is 29.2 Å². The van der Waals surface area contributed by atoms with E-state index in [2.05, 4.69) is 4.74 Å². The van der Waals surface area contributed by atoms with Crippen LogP contribution in [-0.2, 0) is 14.8 Å². The maximum atomic E-state index is 12.1. The fourth-order valence-corrected chi connectivity index (χ4v) is 3.34. The van der Waals surface area contributed by atoms with Crippen LogP contribution in [0.1, 0.15) is 0 Å². The highest BCUT2D eigenvalue weighted by Crippen LogP contribution is 2.29. The number of carboxylic acids is 1. The zero-order valence-corrected chi connectivity index (χ0v) is 11.2. The van der Waals surface area contributed by atoms with Gasteiger partial charge in [-0.1, -0.05) is 6.07 Å². The van der Waals surface area contributed by atoms with Gasteiger partial charge in [0.25, 0.3) is 0 Å². The van der Waals surface area contributed by atoms with E-state index in [0.717, 1.165) is 28.6 Å². The maximum absolute atomic E-state index is 12.1. The van der Waals surface area contributed by atoms with Gasteiger partial charge >= 0.3 is 12.3 Å². The lowest BCUT2D eigenvalue weighted by Crippen LogP contribution is -2.52. The van der Waals surface area contributed by atoms with Gasteiger partial charge in [-0.05, 0) is 12.1 Å². The Morgan fingerprint density at radius 1 is 1.33 bits per heavy atom. The lowest BCUT2D eigenvalue weighted by molar-refractivity contribution is -0.274. The van der Waals surface area contributed by atoms with E-state index in [1.54, 1.807) is 0 Å². The summed E-state index contributed by atoms with van der Waals surface area (Å²) in [5.74, 6) is -2.57. The third kappa shape index (κ3) is 3.45. The molecule has 0 aromatic heterocycles. The molecule has 0 aliphatic carbocycles. The molecular formula is C11H10F3NO5S. The van der Waals surface area contributed by atoms with E-state index in [9.17, 15) is 26.4 Å². The predicted molar refractivity (Wildman–Crippen MR) is 63.0 cm³/mol. The van der Waals surface area contributed by atoms with Gasteiger partial charge in [0.15, 0.2) is 0 Å². The van der Waals surface area contributed by atoms with E-state index >= 15 is 0 Å². The summed E-state index contributed by atoms with van der Waals surface area (Å²) in [5.41, 5.74) is 0. The molecule has 1 heterocycles. The number of hydrogen-bond donors (Lipinski definition) is 1. The molecule has 1 aromatic carbocycles. The summed E-state index contributed by atoms with van der Waals surface area (Å²) >= 11 is 0. The molecule has 1 aliphatic heterocycles. The van der Waals surface area contributed by atoms with Gasteiger partial charge in [-0.15, -0.1) is 13.2 Å². The van der Waals surface area contributed by atoms with Gasteiger partial charge < -0.3 is 9.84 Å². The zero-order chi connectivity index (χ0) is 15.8. The number of carboxylic acid groups (broad SMARTS) is 1. The van der Waals surface area contributed by atoms with Gasteiger partial charge in [-0.3, -0.25) is 4.79 Å². The summed E-state index contributed by atoms with van der Waals surface area (Å²) < 4.78 is 65.0. The Kier molecular flexibility index (Phi) is 3.85. The Bertz CT molecular complexity index is 652. The predicted octanol–water partition coefficient (Wildman–Crippen LogP) is 1.29. The van der Waals surface area contributed by atoms with Gasteiger partial charge in [0, 0.05) is 19.2 Å². The van der Waals surface area contributed by atoms with E-state index in [-0.39, 0.29) is 18.0 Å². The van der Waals surface area contributed by atoms with Gasteiger partial charge in [0.05, 0.1) is 10.8 Å². The number of hydrogen-bond acceptors (Lipinski definition) is 4. The first-order chi connectivity index (χ1) is 9.59. The summed E-state index contributed by atoms with van der Waals surface area (Å²) in [6.07, 6.45) is -4.92. The van der Waals surface area contributed by atoms with Crippen molar-refractivity contribution in [2.45, 2.75) is 11.3 Å². The minimum atomic E-state index is -4.92. The Morgan fingerprint density at radius 3 is 2.48 bits per heavy atom. The molecule has 0 saturated carbocycles. The molecule has 0 amide bonds. The summed E-state index contributed by atoms with van der Waals surface area (Å²) in [5, 5.41) is 8.69. The van der Waals surface area contributed by atoms with Crippen molar-refractivity contribution in [3.8, 4) is 5.75 Å². The summed E-state index contributed by atoms with van der Waals surface area (Å²) in [6.45, 7) is -0.413. The van der Waals surface area contributed by atoms with Crippen LogP contribution >= 0.6 is 0 Å². The van der Waals surface area contributed by atoms with E-state index in [1.807, 2.05) is 0 Å². The van der Waals surface area contributed by atoms with Crippen LogP contribution in [0.3, 0.4) is 0 Å². The van der Waals surface area contributed by atoms with Crippen molar-refractivity contribution < 1.29 is 36.2 Å². The average molecular weight is 325 g/mol. The monoisotopic (exact) mass is 325 g/mol. The fraction of sp³-hybridized carbons (Fsp3) is 0.364. The smallest absolute Gasteiger partial charge is 0.481 e. The van der Waals surface area contributed by atoms with Crippen LogP contribution < -0.4 is 4.74 Å². The van der Waals surface area contributed by atoms with Crippen LogP contribution in [0, 0.1) is 5.92 Å². The standard InChI is InChI=1S/C11H10F3NO5S/c12-11(13,14)20-8-2-1-3-9(4-8)21(18,19)15-5-7(6-15)10(16)17/h1-4,7H,5-6H2,(H,16,17). The molecule has 2 rings (SSSR count). The second-order valence-electron chi connectivity index (χ2n) is 4.38. The highest BCUT2D eigenvalue weighted by Gasteiger charge is 2.40. The van der Waals surface area contributed by atoms with Crippen molar-refractivity contribution in [3.05, 3.63) is 24.3 Å². The van der Waals surface area contributed by atoms with Crippen molar-refractivity contribution in [3.63, 3.8) is 0 Å². The quantitative estimate of drug-likeness (QED) is 0.902. The fourth-order valence-electron chi connectivity index (χ4n) is 1.77. The van der Waals surface area contributed by atoms with Crippen LogP contribution in [-0.4, -0.2) is 43.3 Å². The molecule has 0 atom stereocenters. The number of nitrogens with zero attached hydrogens (tertiary/aromatic N) is 1. The molecule has 0 radical (unpaired) electrons. The Balaban J connectivity index is 2.18. The molecule has 1 aromatic rings. The summed E-state index contributed by atoms with van der Waals surface area (Å²) in [7, 11) is -4.02. The van der Waals surface area contributed by atoms with Crippen molar-refractivity contribution in [1.29, 1.82) is 0 Å². The van der Waals surface area contributed by atoms with Crippen molar-refractivity contribution in [2.75, 3.05) is 13.1 Å². The van der Waals surface area contributed by atoms with Gasteiger partial charge in [0.1, 0.15) is 5.75 Å².